The molecule has 1 aliphatic carbocycles. The predicted molar refractivity (Wildman–Crippen MR) is 72.9 cm³/mol. The highest BCUT2D eigenvalue weighted by Gasteiger charge is 2.17. The van der Waals surface area contributed by atoms with Crippen LogP contribution in [0.4, 0.5) is 11.4 Å². The first-order valence-electron chi connectivity index (χ1n) is 6.28. The first kappa shape index (κ1) is 13.3. The van der Waals surface area contributed by atoms with Crippen molar-refractivity contribution >= 4 is 17.3 Å². The standard InChI is InChI=1S/C14H16N2O3/c1-10-12(7-4-8-13(10)16(18)19)15-14(17)9-11-5-2-3-6-11/h2,4-5,7-8,11H,3,6,9H2,1H3,(H,15,17)/t11-/m1/s1. The molecule has 0 unspecified atom stereocenters. The van der Waals surface area contributed by atoms with Crippen LogP contribution in [0.3, 0.4) is 0 Å². The molecule has 0 saturated heterocycles. The van der Waals surface area contributed by atoms with E-state index in [4.69, 9.17) is 0 Å². The van der Waals surface area contributed by atoms with Gasteiger partial charge in [-0.05, 0) is 31.7 Å². The lowest BCUT2D eigenvalue weighted by Crippen LogP contribution is -2.15. The fraction of sp³-hybridized carbons (Fsp3) is 0.357. The Morgan fingerprint density at radius 2 is 2.32 bits per heavy atom. The molecule has 0 aliphatic heterocycles. The molecule has 0 fully saturated rings. The molecule has 1 aromatic carbocycles. The maximum atomic E-state index is 11.9. The molecule has 1 atom stereocenters. The quantitative estimate of drug-likeness (QED) is 0.513. The van der Waals surface area contributed by atoms with Crippen LogP contribution in [-0.2, 0) is 4.79 Å². The van der Waals surface area contributed by atoms with Gasteiger partial charge >= 0.3 is 0 Å². The Kier molecular flexibility index (Phi) is 3.94. The average Bonchev–Trinajstić information content (AvgIpc) is 2.84. The Bertz CT molecular complexity index is 537. The summed E-state index contributed by atoms with van der Waals surface area (Å²) >= 11 is 0. The molecule has 0 radical (unpaired) electrons. The Morgan fingerprint density at radius 1 is 1.53 bits per heavy atom. The van der Waals surface area contributed by atoms with Crippen LogP contribution in [0.5, 0.6) is 0 Å². The Hall–Kier alpha value is -2.17. The van der Waals surface area contributed by atoms with Crippen molar-refractivity contribution in [1.82, 2.24) is 0 Å². The van der Waals surface area contributed by atoms with Crippen molar-refractivity contribution in [2.45, 2.75) is 26.2 Å². The van der Waals surface area contributed by atoms with Crippen molar-refractivity contribution in [3.05, 3.63) is 46.0 Å². The number of hydrogen-bond acceptors (Lipinski definition) is 3. The van der Waals surface area contributed by atoms with E-state index in [2.05, 4.69) is 17.5 Å². The van der Waals surface area contributed by atoms with E-state index < -0.39 is 4.92 Å². The van der Waals surface area contributed by atoms with Crippen LogP contribution in [0.1, 0.15) is 24.8 Å². The summed E-state index contributed by atoms with van der Waals surface area (Å²) in [6.07, 6.45) is 6.59. The SMILES string of the molecule is Cc1c(NC(=O)C[C@@H]2C=CCC2)cccc1[N+](=O)[O-]. The van der Waals surface area contributed by atoms with Gasteiger partial charge in [0.25, 0.3) is 5.69 Å². The first-order valence-corrected chi connectivity index (χ1v) is 6.28. The maximum Gasteiger partial charge on any atom is 0.274 e. The first-order chi connectivity index (χ1) is 9.08. The maximum absolute atomic E-state index is 11.9. The summed E-state index contributed by atoms with van der Waals surface area (Å²) in [5.41, 5.74) is 1.03. The van der Waals surface area contributed by atoms with Gasteiger partial charge in [-0.25, -0.2) is 0 Å². The zero-order valence-electron chi connectivity index (χ0n) is 10.8. The van der Waals surface area contributed by atoms with Crippen LogP contribution in [-0.4, -0.2) is 10.8 Å². The number of nitrogens with one attached hydrogen (secondary N) is 1. The lowest BCUT2D eigenvalue weighted by Gasteiger charge is -2.10. The van der Waals surface area contributed by atoms with E-state index in [-0.39, 0.29) is 11.6 Å². The van der Waals surface area contributed by atoms with Gasteiger partial charge in [-0.2, -0.15) is 0 Å². The van der Waals surface area contributed by atoms with Crippen LogP contribution < -0.4 is 5.32 Å². The molecular weight excluding hydrogens is 244 g/mol. The summed E-state index contributed by atoms with van der Waals surface area (Å²) in [5, 5.41) is 13.6. The molecule has 0 heterocycles. The van der Waals surface area contributed by atoms with E-state index in [0.29, 0.717) is 23.6 Å². The van der Waals surface area contributed by atoms with Gasteiger partial charge < -0.3 is 5.32 Å². The van der Waals surface area contributed by atoms with Gasteiger partial charge in [0.15, 0.2) is 0 Å². The molecule has 1 N–H and O–H groups in total. The van der Waals surface area contributed by atoms with E-state index in [1.54, 1.807) is 19.1 Å². The molecule has 5 nitrogen and oxygen atoms in total. The highest BCUT2D eigenvalue weighted by molar-refractivity contribution is 5.92. The third-order valence-electron chi connectivity index (χ3n) is 3.34. The van der Waals surface area contributed by atoms with E-state index >= 15 is 0 Å². The van der Waals surface area contributed by atoms with Crippen molar-refractivity contribution in [3.8, 4) is 0 Å². The fourth-order valence-electron chi connectivity index (χ4n) is 2.26. The lowest BCUT2D eigenvalue weighted by molar-refractivity contribution is -0.385. The Balaban J connectivity index is 2.06. The highest BCUT2D eigenvalue weighted by Crippen LogP contribution is 2.26. The molecule has 5 heteroatoms. The fourth-order valence-corrected chi connectivity index (χ4v) is 2.26. The van der Waals surface area contributed by atoms with E-state index in [9.17, 15) is 14.9 Å². The number of nitro groups is 1. The van der Waals surface area contributed by atoms with Crippen molar-refractivity contribution in [2.24, 2.45) is 5.92 Å². The Morgan fingerprint density at radius 3 is 2.95 bits per heavy atom. The second-order valence-corrected chi connectivity index (χ2v) is 4.72. The minimum absolute atomic E-state index is 0.0264. The van der Waals surface area contributed by atoms with Crippen LogP contribution in [0.25, 0.3) is 0 Å². The number of hydrogen-bond donors (Lipinski definition) is 1. The second-order valence-electron chi connectivity index (χ2n) is 4.72. The number of amides is 1. The van der Waals surface area contributed by atoms with E-state index in [0.717, 1.165) is 12.8 Å². The summed E-state index contributed by atoms with van der Waals surface area (Å²) in [6, 6.07) is 4.70. The van der Waals surface area contributed by atoms with Crippen molar-refractivity contribution < 1.29 is 9.72 Å². The van der Waals surface area contributed by atoms with E-state index in [1.165, 1.54) is 6.07 Å². The molecule has 1 amide bonds. The molecule has 1 aliphatic rings. The molecule has 100 valence electrons. The number of carbonyl (C=O) groups excluding carboxylic acids is 1. The minimum Gasteiger partial charge on any atom is -0.326 e. The number of nitro benzene ring substituents is 1. The van der Waals surface area contributed by atoms with Gasteiger partial charge in [0.2, 0.25) is 5.91 Å². The van der Waals surface area contributed by atoms with Crippen LogP contribution in [0, 0.1) is 23.0 Å². The third-order valence-corrected chi connectivity index (χ3v) is 3.34. The number of benzene rings is 1. The van der Waals surface area contributed by atoms with Gasteiger partial charge in [-0.3, -0.25) is 14.9 Å². The van der Waals surface area contributed by atoms with Crippen molar-refractivity contribution in [2.75, 3.05) is 5.32 Å². The van der Waals surface area contributed by atoms with Crippen LogP contribution in [0.2, 0.25) is 0 Å². The van der Waals surface area contributed by atoms with Gasteiger partial charge in [0.05, 0.1) is 16.2 Å². The molecule has 0 saturated carbocycles. The van der Waals surface area contributed by atoms with Gasteiger partial charge in [0, 0.05) is 12.5 Å². The smallest absolute Gasteiger partial charge is 0.274 e. The summed E-state index contributed by atoms with van der Waals surface area (Å²) in [4.78, 5) is 22.3. The summed E-state index contributed by atoms with van der Waals surface area (Å²) in [6.45, 7) is 1.64. The zero-order valence-corrected chi connectivity index (χ0v) is 10.8. The molecule has 0 bridgehead atoms. The molecular formula is C14H16N2O3. The summed E-state index contributed by atoms with van der Waals surface area (Å²) < 4.78 is 0. The topological polar surface area (TPSA) is 72.2 Å². The monoisotopic (exact) mass is 260 g/mol. The van der Waals surface area contributed by atoms with E-state index in [1.807, 2.05) is 0 Å². The number of rotatable bonds is 4. The van der Waals surface area contributed by atoms with Gasteiger partial charge in [-0.15, -0.1) is 0 Å². The molecule has 0 spiro atoms. The largest absolute Gasteiger partial charge is 0.326 e. The number of nitrogens with zero attached hydrogens (tertiary/aromatic N) is 1. The molecule has 0 aromatic heterocycles. The second kappa shape index (κ2) is 5.65. The Labute approximate surface area is 111 Å². The lowest BCUT2D eigenvalue weighted by atomic mass is 10.0. The van der Waals surface area contributed by atoms with Gasteiger partial charge in [-0.1, -0.05) is 18.2 Å². The molecule has 2 rings (SSSR count). The molecule has 1 aromatic rings. The minimum atomic E-state index is -0.440. The number of carbonyl (C=O) groups is 1. The number of anilines is 1. The van der Waals surface area contributed by atoms with Gasteiger partial charge in [0.1, 0.15) is 0 Å². The molecule has 19 heavy (non-hydrogen) atoms. The highest BCUT2D eigenvalue weighted by atomic mass is 16.6. The zero-order chi connectivity index (χ0) is 13.8. The normalized spacial score (nSPS) is 17.4. The summed E-state index contributed by atoms with van der Waals surface area (Å²) in [7, 11) is 0. The predicted octanol–water partition coefficient (Wildman–Crippen LogP) is 3.20. The summed E-state index contributed by atoms with van der Waals surface area (Å²) in [5.74, 6) is 0.194. The van der Waals surface area contributed by atoms with Crippen molar-refractivity contribution in [3.63, 3.8) is 0 Å². The van der Waals surface area contributed by atoms with Crippen LogP contribution >= 0.6 is 0 Å². The third kappa shape index (κ3) is 3.19. The van der Waals surface area contributed by atoms with Crippen LogP contribution in [0.15, 0.2) is 30.4 Å². The number of allylic oxidation sites excluding steroid dienone is 2. The average molecular weight is 260 g/mol. The van der Waals surface area contributed by atoms with Crippen molar-refractivity contribution in [1.29, 1.82) is 0 Å².